The van der Waals surface area contributed by atoms with E-state index in [-0.39, 0.29) is 16.9 Å². The average Bonchev–Trinajstić information content (AvgIpc) is 3.21. The van der Waals surface area contributed by atoms with E-state index in [1.165, 1.54) is 10.6 Å². The number of fused-ring (bicyclic) bond motifs is 4. The summed E-state index contributed by atoms with van der Waals surface area (Å²) in [5.41, 5.74) is 3.32. The van der Waals surface area contributed by atoms with Crippen molar-refractivity contribution >= 4 is 33.5 Å². The van der Waals surface area contributed by atoms with E-state index in [2.05, 4.69) is 94.9 Å². The molecule has 0 fully saturated rings. The van der Waals surface area contributed by atoms with E-state index in [1.54, 1.807) is 17.7 Å². The third-order valence-corrected chi connectivity index (χ3v) is 7.44. The highest BCUT2D eigenvalue weighted by atomic mass is 32.1. The van der Waals surface area contributed by atoms with E-state index in [0.717, 1.165) is 17.2 Å². The van der Waals surface area contributed by atoms with Crippen LogP contribution in [0.15, 0.2) is 66.5 Å². The van der Waals surface area contributed by atoms with Gasteiger partial charge in [0.05, 0.1) is 11.2 Å². The summed E-state index contributed by atoms with van der Waals surface area (Å²) in [7, 11) is 0. The van der Waals surface area contributed by atoms with Crippen LogP contribution in [-0.2, 0) is 5.41 Å². The molecule has 0 saturated carbocycles. The molecule has 5 rings (SSSR count). The van der Waals surface area contributed by atoms with Crippen molar-refractivity contribution in [3.63, 3.8) is 0 Å². The molecular formula is C22H22N4S. The lowest BCUT2D eigenvalue weighted by molar-refractivity contribution is 0.191. The molecular weight excluding hydrogens is 352 g/mol. The molecule has 1 aliphatic carbocycles. The number of rotatable bonds is 1. The minimum absolute atomic E-state index is 0.0355. The number of thiophene rings is 1. The molecule has 3 atom stereocenters. The second kappa shape index (κ2) is 5.67. The second-order valence-electron chi connectivity index (χ2n) is 7.74. The van der Waals surface area contributed by atoms with Gasteiger partial charge in [0, 0.05) is 22.6 Å². The summed E-state index contributed by atoms with van der Waals surface area (Å²) in [6.07, 6.45) is 8.24. The van der Waals surface area contributed by atoms with Crippen LogP contribution < -0.4 is 10.2 Å². The Morgan fingerprint density at radius 3 is 2.70 bits per heavy atom. The van der Waals surface area contributed by atoms with Crippen LogP contribution in [0.2, 0.25) is 0 Å². The monoisotopic (exact) mass is 374 g/mol. The van der Waals surface area contributed by atoms with Gasteiger partial charge >= 0.3 is 0 Å². The third kappa shape index (κ3) is 2.15. The molecule has 0 spiro atoms. The molecule has 2 aliphatic rings. The largest absolute Gasteiger partial charge is 0.338 e. The fourth-order valence-electron chi connectivity index (χ4n) is 4.51. The number of nitrogens with one attached hydrogen (secondary N) is 1. The number of hydrogen-bond donors (Lipinski definition) is 1. The van der Waals surface area contributed by atoms with Crippen LogP contribution in [0.25, 0.3) is 0 Å². The fraction of sp³-hybridized carbons (Fsp3) is 0.273. The molecule has 1 N–H and O–H groups in total. The maximum absolute atomic E-state index is 4.59. The van der Waals surface area contributed by atoms with E-state index in [9.17, 15) is 0 Å². The van der Waals surface area contributed by atoms with Crippen molar-refractivity contribution < 1.29 is 0 Å². The molecule has 0 radical (unpaired) electrons. The Labute approximate surface area is 163 Å². The molecule has 5 heteroatoms. The third-order valence-electron chi connectivity index (χ3n) is 6.57. The summed E-state index contributed by atoms with van der Waals surface area (Å²) in [6, 6.07) is 13.1. The van der Waals surface area contributed by atoms with Gasteiger partial charge in [0.15, 0.2) is 5.82 Å². The highest BCUT2D eigenvalue weighted by Crippen LogP contribution is 2.59. The van der Waals surface area contributed by atoms with Crippen molar-refractivity contribution in [2.24, 2.45) is 5.41 Å². The molecule has 4 nitrogen and oxygen atoms in total. The van der Waals surface area contributed by atoms with E-state index in [4.69, 9.17) is 0 Å². The Hall–Kier alpha value is -2.66. The first kappa shape index (κ1) is 16.5. The molecule has 0 bridgehead atoms. The fourth-order valence-corrected chi connectivity index (χ4v) is 5.33. The van der Waals surface area contributed by atoms with E-state index < -0.39 is 0 Å². The van der Waals surface area contributed by atoms with Gasteiger partial charge in [-0.05, 0) is 36.1 Å². The first-order chi connectivity index (χ1) is 13.0. The van der Waals surface area contributed by atoms with Crippen LogP contribution in [0.3, 0.4) is 0 Å². The molecule has 0 amide bonds. The Morgan fingerprint density at radius 1 is 1.11 bits per heavy atom. The number of aromatic nitrogens is 2. The number of nitrogens with zero attached hydrogens (tertiary/aromatic N) is 3. The number of benzene rings is 1. The first-order valence-electron chi connectivity index (χ1n) is 9.24. The van der Waals surface area contributed by atoms with Crippen LogP contribution in [0.1, 0.15) is 26.3 Å². The topological polar surface area (TPSA) is 41.1 Å². The molecule has 3 unspecified atom stereocenters. The zero-order valence-electron chi connectivity index (χ0n) is 15.7. The van der Waals surface area contributed by atoms with Crippen molar-refractivity contribution in [3.8, 4) is 0 Å². The second-order valence-corrected chi connectivity index (χ2v) is 8.67. The van der Waals surface area contributed by atoms with Gasteiger partial charge in [-0.25, -0.2) is 9.97 Å². The molecule has 3 aromatic rings. The zero-order valence-corrected chi connectivity index (χ0v) is 16.5. The summed E-state index contributed by atoms with van der Waals surface area (Å²) in [5, 5.41) is 6.93. The van der Waals surface area contributed by atoms with E-state index in [0.29, 0.717) is 0 Å². The lowest BCUT2D eigenvalue weighted by Crippen LogP contribution is -2.56. The highest BCUT2D eigenvalue weighted by Gasteiger charge is 2.55. The molecule has 1 aromatic carbocycles. The minimum atomic E-state index is -0.0685. The number of hydrogen-bond acceptors (Lipinski definition) is 5. The molecule has 2 aromatic heterocycles. The van der Waals surface area contributed by atoms with E-state index >= 15 is 0 Å². The van der Waals surface area contributed by atoms with Gasteiger partial charge in [-0.2, -0.15) is 0 Å². The maximum Gasteiger partial charge on any atom is 0.157 e. The molecule has 136 valence electrons. The van der Waals surface area contributed by atoms with Crippen LogP contribution in [0.5, 0.6) is 0 Å². The van der Waals surface area contributed by atoms with Gasteiger partial charge in [0.1, 0.15) is 12.0 Å². The molecule has 1 aliphatic heterocycles. The zero-order chi connectivity index (χ0) is 18.6. The number of anilines is 4. The average molecular weight is 375 g/mol. The highest BCUT2D eigenvalue weighted by molar-refractivity contribution is 7.14. The Balaban J connectivity index is 1.81. The SMILES string of the molecule is CC1N(c2cccs2)c2cncnc2Nc2ccccc2C2(C)C=CC12C. The van der Waals surface area contributed by atoms with E-state index in [1.807, 2.05) is 6.20 Å². The summed E-state index contributed by atoms with van der Waals surface area (Å²) >= 11 is 1.75. The quantitative estimate of drug-likeness (QED) is 0.558. The van der Waals surface area contributed by atoms with Crippen molar-refractivity contribution in [3.05, 3.63) is 72.0 Å². The van der Waals surface area contributed by atoms with Crippen LogP contribution in [-0.4, -0.2) is 16.0 Å². The Morgan fingerprint density at radius 2 is 1.96 bits per heavy atom. The Kier molecular flexibility index (Phi) is 3.46. The summed E-state index contributed by atoms with van der Waals surface area (Å²) in [6.45, 7) is 7.02. The van der Waals surface area contributed by atoms with Gasteiger partial charge in [-0.15, -0.1) is 11.3 Å². The van der Waals surface area contributed by atoms with Crippen molar-refractivity contribution in [1.29, 1.82) is 0 Å². The van der Waals surface area contributed by atoms with Crippen molar-refractivity contribution in [2.45, 2.75) is 32.2 Å². The predicted octanol–water partition coefficient (Wildman–Crippen LogP) is 5.66. The van der Waals surface area contributed by atoms with Crippen molar-refractivity contribution in [2.75, 3.05) is 10.2 Å². The number of allylic oxidation sites excluding steroid dienone is 1. The minimum Gasteiger partial charge on any atom is -0.338 e. The lowest BCUT2D eigenvalue weighted by Gasteiger charge is -2.56. The molecule has 3 heterocycles. The number of para-hydroxylation sites is 1. The first-order valence-corrected chi connectivity index (χ1v) is 10.1. The smallest absolute Gasteiger partial charge is 0.157 e. The predicted molar refractivity (Wildman–Crippen MR) is 112 cm³/mol. The molecule has 0 saturated heterocycles. The summed E-state index contributed by atoms with van der Waals surface area (Å²) in [4.78, 5) is 11.3. The van der Waals surface area contributed by atoms with Crippen LogP contribution in [0, 0.1) is 5.41 Å². The van der Waals surface area contributed by atoms with Crippen LogP contribution in [0.4, 0.5) is 22.2 Å². The van der Waals surface area contributed by atoms with Gasteiger partial charge in [0.2, 0.25) is 0 Å². The standard InChI is InChI=1S/C22H22N4S/c1-15-21(2)10-11-22(21,3)16-7-4-5-8-17(16)25-20-18(13-23-14-24-20)26(15)19-9-6-12-27-19/h4-15H,1-3H3,(H,23,24,25). The van der Waals surface area contributed by atoms with Gasteiger partial charge in [0.25, 0.3) is 0 Å². The molecule has 27 heavy (non-hydrogen) atoms. The van der Waals surface area contributed by atoms with Gasteiger partial charge in [-0.3, -0.25) is 0 Å². The Bertz CT molecular complexity index is 1030. The lowest BCUT2D eigenvalue weighted by atomic mass is 9.51. The van der Waals surface area contributed by atoms with Crippen LogP contribution >= 0.6 is 11.3 Å². The normalized spacial score (nSPS) is 28.6. The maximum atomic E-state index is 4.59. The van der Waals surface area contributed by atoms with Gasteiger partial charge in [-0.1, -0.05) is 44.2 Å². The van der Waals surface area contributed by atoms with Gasteiger partial charge < -0.3 is 10.2 Å². The summed E-state index contributed by atoms with van der Waals surface area (Å²) < 4.78 is 0. The summed E-state index contributed by atoms with van der Waals surface area (Å²) in [5.74, 6) is 0.839. The van der Waals surface area contributed by atoms with Crippen molar-refractivity contribution in [1.82, 2.24) is 9.97 Å².